The molecule has 0 spiro atoms. The molecule has 2 heteroatoms. The van der Waals surface area contributed by atoms with Gasteiger partial charge in [-0.05, 0) is 5.92 Å². The van der Waals surface area contributed by atoms with Crippen molar-refractivity contribution in [3.63, 3.8) is 0 Å². The topological polar surface area (TPSA) is 26.3 Å². The summed E-state index contributed by atoms with van der Waals surface area (Å²) in [6.45, 7) is 4.87. The average Bonchev–Trinajstić information content (AvgIpc) is 2.14. The molecule has 1 saturated heterocycles. The molecule has 0 bridgehead atoms. The van der Waals surface area contributed by atoms with Gasteiger partial charge < -0.3 is 4.74 Å². The normalized spacial score (nSPS) is 27.0. The van der Waals surface area contributed by atoms with Crippen LogP contribution in [0, 0.1) is 11.8 Å². The monoisotopic (exact) mass is 128 g/mol. The van der Waals surface area contributed by atoms with E-state index in [4.69, 9.17) is 4.74 Å². The zero-order valence-electron chi connectivity index (χ0n) is 5.89. The van der Waals surface area contributed by atoms with Gasteiger partial charge in [-0.15, -0.1) is 0 Å². The van der Waals surface area contributed by atoms with Gasteiger partial charge in [-0.2, -0.15) is 0 Å². The second-order valence-electron chi connectivity index (χ2n) is 2.89. The molecule has 0 aromatic carbocycles. The van der Waals surface area contributed by atoms with Gasteiger partial charge in [-0.25, -0.2) is 0 Å². The van der Waals surface area contributed by atoms with E-state index in [1.807, 2.05) is 0 Å². The van der Waals surface area contributed by atoms with E-state index in [9.17, 15) is 4.79 Å². The Labute approximate surface area is 55.2 Å². The van der Waals surface area contributed by atoms with E-state index in [1.165, 1.54) is 0 Å². The quantitative estimate of drug-likeness (QED) is 0.496. The lowest BCUT2D eigenvalue weighted by Crippen LogP contribution is -2.07. The van der Waals surface area contributed by atoms with E-state index in [1.54, 1.807) is 0 Å². The van der Waals surface area contributed by atoms with Gasteiger partial charge in [0, 0.05) is 5.92 Å². The molecule has 1 heterocycles. The standard InChI is InChI=1S/C7H12O2/c1-5(2)6-3-7(8)9-4-6/h5-6H,3-4H2,1-2H3/t6-/m0/s1. The Morgan fingerprint density at radius 2 is 2.33 bits per heavy atom. The molecule has 1 fully saturated rings. The predicted octanol–water partition coefficient (Wildman–Crippen LogP) is 1.21. The summed E-state index contributed by atoms with van der Waals surface area (Å²) < 4.78 is 4.79. The zero-order chi connectivity index (χ0) is 6.85. The SMILES string of the molecule is CC(C)[C@@H]1COC(=O)C1. The highest BCUT2D eigenvalue weighted by molar-refractivity contribution is 5.71. The summed E-state index contributed by atoms with van der Waals surface area (Å²) in [5.74, 6) is 1.02. The molecule has 0 saturated carbocycles. The highest BCUT2D eigenvalue weighted by Crippen LogP contribution is 2.21. The van der Waals surface area contributed by atoms with Crippen LogP contribution in [0.4, 0.5) is 0 Å². The number of cyclic esters (lactones) is 1. The van der Waals surface area contributed by atoms with Crippen LogP contribution in [0.1, 0.15) is 20.3 Å². The van der Waals surface area contributed by atoms with Crippen molar-refractivity contribution in [2.75, 3.05) is 6.61 Å². The largest absolute Gasteiger partial charge is 0.465 e. The molecule has 1 rings (SSSR count). The number of esters is 1. The van der Waals surface area contributed by atoms with Gasteiger partial charge in [-0.1, -0.05) is 13.8 Å². The van der Waals surface area contributed by atoms with Crippen molar-refractivity contribution in [3.8, 4) is 0 Å². The highest BCUT2D eigenvalue weighted by Gasteiger charge is 2.25. The fourth-order valence-corrected chi connectivity index (χ4v) is 0.960. The maximum Gasteiger partial charge on any atom is 0.306 e. The summed E-state index contributed by atoms with van der Waals surface area (Å²) in [5.41, 5.74) is 0. The van der Waals surface area contributed by atoms with Gasteiger partial charge in [0.05, 0.1) is 13.0 Å². The smallest absolute Gasteiger partial charge is 0.306 e. The Kier molecular flexibility index (Phi) is 1.74. The van der Waals surface area contributed by atoms with Crippen LogP contribution in [0.2, 0.25) is 0 Å². The van der Waals surface area contributed by atoms with Crippen LogP contribution in [0.5, 0.6) is 0 Å². The molecule has 0 aromatic heterocycles. The summed E-state index contributed by atoms with van der Waals surface area (Å²) in [4.78, 5) is 10.5. The van der Waals surface area contributed by atoms with E-state index >= 15 is 0 Å². The fourth-order valence-electron chi connectivity index (χ4n) is 0.960. The maximum absolute atomic E-state index is 10.5. The van der Waals surface area contributed by atoms with Gasteiger partial charge in [0.25, 0.3) is 0 Å². The van der Waals surface area contributed by atoms with Gasteiger partial charge in [0.1, 0.15) is 0 Å². The fraction of sp³-hybridized carbons (Fsp3) is 0.857. The van der Waals surface area contributed by atoms with E-state index in [2.05, 4.69) is 13.8 Å². The van der Waals surface area contributed by atoms with E-state index in [0.29, 0.717) is 24.9 Å². The summed E-state index contributed by atoms with van der Waals surface area (Å²) in [7, 11) is 0. The van der Waals surface area contributed by atoms with E-state index in [0.717, 1.165) is 0 Å². The van der Waals surface area contributed by atoms with E-state index in [-0.39, 0.29) is 5.97 Å². The molecule has 0 aromatic rings. The van der Waals surface area contributed by atoms with Crippen molar-refractivity contribution < 1.29 is 9.53 Å². The summed E-state index contributed by atoms with van der Waals surface area (Å²) >= 11 is 0. The molecule has 0 N–H and O–H groups in total. The molecule has 0 unspecified atom stereocenters. The minimum Gasteiger partial charge on any atom is -0.465 e. The summed E-state index contributed by atoms with van der Waals surface area (Å²) in [5, 5.41) is 0. The number of hydrogen-bond donors (Lipinski definition) is 0. The third-order valence-electron chi connectivity index (χ3n) is 1.83. The van der Waals surface area contributed by atoms with Crippen LogP contribution in [-0.4, -0.2) is 12.6 Å². The number of rotatable bonds is 1. The Balaban J connectivity index is 2.39. The highest BCUT2D eigenvalue weighted by atomic mass is 16.5. The molecule has 1 atom stereocenters. The maximum atomic E-state index is 10.5. The van der Waals surface area contributed by atoms with Crippen molar-refractivity contribution >= 4 is 5.97 Å². The molecular weight excluding hydrogens is 116 g/mol. The molecular formula is C7H12O2. The minimum atomic E-state index is -0.0336. The molecule has 0 amide bonds. The van der Waals surface area contributed by atoms with Crippen molar-refractivity contribution in [1.82, 2.24) is 0 Å². The molecule has 52 valence electrons. The van der Waals surface area contributed by atoms with E-state index < -0.39 is 0 Å². The molecule has 2 nitrogen and oxygen atoms in total. The Morgan fingerprint density at radius 3 is 2.56 bits per heavy atom. The van der Waals surface area contributed by atoms with Crippen molar-refractivity contribution in [2.24, 2.45) is 11.8 Å². The van der Waals surface area contributed by atoms with Gasteiger partial charge in [0.2, 0.25) is 0 Å². The summed E-state index contributed by atoms with van der Waals surface area (Å²) in [6.07, 6.45) is 0.623. The Bertz CT molecular complexity index is 118. The number of carbonyl (C=O) groups is 1. The lowest BCUT2D eigenvalue weighted by atomic mass is 9.95. The van der Waals surface area contributed by atoms with Gasteiger partial charge in [-0.3, -0.25) is 4.79 Å². The Morgan fingerprint density at radius 1 is 1.67 bits per heavy atom. The van der Waals surface area contributed by atoms with Crippen LogP contribution in [0.25, 0.3) is 0 Å². The van der Waals surface area contributed by atoms with Crippen molar-refractivity contribution in [3.05, 3.63) is 0 Å². The minimum absolute atomic E-state index is 0.0336. The van der Waals surface area contributed by atoms with Crippen molar-refractivity contribution in [2.45, 2.75) is 20.3 Å². The van der Waals surface area contributed by atoms with Crippen LogP contribution in [-0.2, 0) is 9.53 Å². The second kappa shape index (κ2) is 2.38. The average molecular weight is 128 g/mol. The lowest BCUT2D eigenvalue weighted by Gasteiger charge is -2.07. The third-order valence-corrected chi connectivity index (χ3v) is 1.83. The number of hydrogen-bond acceptors (Lipinski definition) is 2. The summed E-state index contributed by atoms with van der Waals surface area (Å²) in [6, 6.07) is 0. The van der Waals surface area contributed by atoms with Crippen LogP contribution >= 0.6 is 0 Å². The zero-order valence-corrected chi connectivity index (χ0v) is 5.89. The molecule has 9 heavy (non-hydrogen) atoms. The van der Waals surface area contributed by atoms with Crippen LogP contribution < -0.4 is 0 Å². The first kappa shape index (κ1) is 6.59. The van der Waals surface area contributed by atoms with Crippen LogP contribution in [0.3, 0.4) is 0 Å². The molecule has 1 aliphatic rings. The lowest BCUT2D eigenvalue weighted by molar-refractivity contribution is -0.137. The molecule has 1 aliphatic heterocycles. The first-order chi connectivity index (χ1) is 4.20. The second-order valence-corrected chi connectivity index (χ2v) is 2.89. The predicted molar refractivity (Wildman–Crippen MR) is 33.9 cm³/mol. The first-order valence-corrected chi connectivity index (χ1v) is 3.36. The number of ether oxygens (including phenoxy) is 1. The molecule has 0 aliphatic carbocycles. The van der Waals surface area contributed by atoms with Gasteiger partial charge in [0.15, 0.2) is 0 Å². The first-order valence-electron chi connectivity index (χ1n) is 3.36. The van der Waals surface area contributed by atoms with Crippen molar-refractivity contribution in [1.29, 1.82) is 0 Å². The van der Waals surface area contributed by atoms with Gasteiger partial charge >= 0.3 is 5.97 Å². The van der Waals surface area contributed by atoms with Crippen LogP contribution in [0.15, 0.2) is 0 Å². The third kappa shape index (κ3) is 1.44. The molecule has 0 radical (unpaired) electrons. The Hall–Kier alpha value is -0.530. The number of carbonyl (C=O) groups excluding carboxylic acids is 1.